The molecule has 0 heterocycles. The molecule has 0 aromatic rings. The zero-order valence-electron chi connectivity index (χ0n) is 15.0. The van der Waals surface area contributed by atoms with E-state index in [-0.39, 0.29) is 0 Å². The molecule has 0 unspecified atom stereocenters. The average Bonchev–Trinajstić information content (AvgIpc) is 2.50. The molecule has 0 rings (SSSR count). The Kier molecular flexibility index (Phi) is 16.0. The molecular weight excluding hydrogens is 288 g/mol. The van der Waals surface area contributed by atoms with Gasteiger partial charge in [-0.05, 0) is 38.5 Å². The number of rotatable bonds is 14. The zero-order chi connectivity index (χ0) is 17.2. The van der Waals surface area contributed by atoms with Crippen LogP contribution in [-0.4, -0.2) is 11.9 Å². The molecule has 0 N–H and O–H groups in total. The van der Waals surface area contributed by atoms with Crippen LogP contribution in [0.3, 0.4) is 0 Å². The van der Waals surface area contributed by atoms with Gasteiger partial charge in [-0.3, -0.25) is 9.59 Å². The summed E-state index contributed by atoms with van der Waals surface area (Å²) >= 11 is 0. The maximum atomic E-state index is 11.1. The maximum absolute atomic E-state index is 11.1. The molecule has 0 aliphatic rings. The molecule has 0 aromatic carbocycles. The van der Waals surface area contributed by atoms with E-state index in [1.165, 1.54) is 45.4 Å². The Bertz CT molecular complexity index is 356. The maximum Gasteiger partial charge on any atom is 0.313 e. The molecule has 0 aliphatic heterocycles. The highest BCUT2D eigenvalue weighted by Crippen LogP contribution is 2.08. The normalized spacial score (nSPS) is 11.4. The van der Waals surface area contributed by atoms with Gasteiger partial charge in [0.15, 0.2) is 0 Å². The highest BCUT2D eigenvalue weighted by atomic mass is 16.6. The fourth-order valence-corrected chi connectivity index (χ4v) is 2.29. The Labute approximate surface area is 142 Å². The molecule has 0 fully saturated rings. The van der Waals surface area contributed by atoms with Crippen molar-refractivity contribution in [2.75, 3.05) is 0 Å². The molecule has 0 spiro atoms. The van der Waals surface area contributed by atoms with Crippen LogP contribution in [0.5, 0.6) is 0 Å². The molecule has 0 saturated carbocycles. The quantitative estimate of drug-likeness (QED) is 0.173. The summed E-state index contributed by atoms with van der Waals surface area (Å²) in [5.74, 6) is -0.916. The second-order valence-electron chi connectivity index (χ2n) is 5.95. The van der Waals surface area contributed by atoms with Gasteiger partial charge in [-0.2, -0.15) is 0 Å². The summed E-state index contributed by atoms with van der Waals surface area (Å²) in [6.45, 7) is 3.49. The number of carbonyl (C=O) groups excluding carboxylic acids is 2. The molecule has 3 heteroatoms. The number of unbranched alkanes of at least 4 members (excludes halogenated alkanes) is 8. The van der Waals surface area contributed by atoms with Gasteiger partial charge in [0, 0.05) is 13.3 Å². The SMILES string of the molecule is CCCCCC=CCC=CCCCCCCCC(=O)OC(C)=O. The zero-order valence-corrected chi connectivity index (χ0v) is 15.0. The Hall–Kier alpha value is -1.38. The second-order valence-corrected chi connectivity index (χ2v) is 5.95. The fourth-order valence-electron chi connectivity index (χ4n) is 2.29. The van der Waals surface area contributed by atoms with Crippen molar-refractivity contribution in [3.63, 3.8) is 0 Å². The van der Waals surface area contributed by atoms with E-state index in [4.69, 9.17) is 0 Å². The summed E-state index contributed by atoms with van der Waals surface area (Å²) in [7, 11) is 0. The highest BCUT2D eigenvalue weighted by Gasteiger charge is 2.04. The molecule has 0 atom stereocenters. The number of esters is 2. The van der Waals surface area contributed by atoms with Crippen LogP contribution in [-0.2, 0) is 14.3 Å². The van der Waals surface area contributed by atoms with E-state index >= 15 is 0 Å². The molecule has 0 amide bonds. The third kappa shape index (κ3) is 18.6. The van der Waals surface area contributed by atoms with Gasteiger partial charge < -0.3 is 4.74 Å². The summed E-state index contributed by atoms with van der Waals surface area (Å²) in [5, 5.41) is 0. The van der Waals surface area contributed by atoms with Gasteiger partial charge in [0.1, 0.15) is 0 Å². The Morgan fingerprint density at radius 3 is 1.96 bits per heavy atom. The first-order valence-electron chi connectivity index (χ1n) is 9.18. The minimum Gasteiger partial charge on any atom is -0.393 e. The lowest BCUT2D eigenvalue weighted by Gasteiger charge is -2.00. The molecule has 3 nitrogen and oxygen atoms in total. The van der Waals surface area contributed by atoms with Crippen LogP contribution in [0.25, 0.3) is 0 Å². The molecule has 23 heavy (non-hydrogen) atoms. The summed E-state index contributed by atoms with van der Waals surface area (Å²) in [4.78, 5) is 21.7. The van der Waals surface area contributed by atoms with Crippen LogP contribution >= 0.6 is 0 Å². The first kappa shape index (κ1) is 21.6. The van der Waals surface area contributed by atoms with E-state index in [1.807, 2.05) is 0 Å². The molecule has 0 radical (unpaired) electrons. The summed E-state index contributed by atoms with van der Waals surface area (Å²) < 4.78 is 4.48. The first-order valence-corrected chi connectivity index (χ1v) is 9.18. The van der Waals surface area contributed by atoms with Crippen LogP contribution in [0.2, 0.25) is 0 Å². The number of hydrogen-bond acceptors (Lipinski definition) is 3. The topological polar surface area (TPSA) is 43.4 Å². The van der Waals surface area contributed by atoms with E-state index in [0.29, 0.717) is 6.42 Å². The van der Waals surface area contributed by atoms with Crippen molar-refractivity contribution in [3.8, 4) is 0 Å². The van der Waals surface area contributed by atoms with E-state index in [0.717, 1.165) is 32.1 Å². The molecule has 0 bridgehead atoms. The number of ether oxygens (including phenoxy) is 1. The number of hydrogen-bond donors (Lipinski definition) is 0. The molecule has 132 valence electrons. The van der Waals surface area contributed by atoms with Crippen molar-refractivity contribution >= 4 is 11.9 Å². The lowest BCUT2D eigenvalue weighted by atomic mass is 10.1. The fraction of sp³-hybridized carbons (Fsp3) is 0.700. The van der Waals surface area contributed by atoms with Crippen molar-refractivity contribution in [2.24, 2.45) is 0 Å². The van der Waals surface area contributed by atoms with Gasteiger partial charge in [0.2, 0.25) is 0 Å². The smallest absolute Gasteiger partial charge is 0.313 e. The standard InChI is InChI=1S/C20H34O3/c1-3-4-5-6-7-8-9-10-11-12-13-14-15-16-17-18-20(22)23-19(2)21/h7-8,10-11H,3-6,9,12-18H2,1-2H3. The van der Waals surface area contributed by atoms with E-state index < -0.39 is 11.9 Å². The van der Waals surface area contributed by atoms with E-state index in [9.17, 15) is 9.59 Å². The van der Waals surface area contributed by atoms with Crippen LogP contribution in [0.4, 0.5) is 0 Å². The van der Waals surface area contributed by atoms with Gasteiger partial charge in [-0.1, -0.05) is 63.3 Å². The van der Waals surface area contributed by atoms with Gasteiger partial charge in [-0.25, -0.2) is 0 Å². The third-order valence-corrected chi connectivity index (χ3v) is 3.59. The predicted molar refractivity (Wildman–Crippen MR) is 96.1 cm³/mol. The van der Waals surface area contributed by atoms with Crippen LogP contribution < -0.4 is 0 Å². The minimum atomic E-state index is -0.516. The average molecular weight is 322 g/mol. The second kappa shape index (κ2) is 17.0. The van der Waals surface area contributed by atoms with Crippen LogP contribution in [0.15, 0.2) is 24.3 Å². The van der Waals surface area contributed by atoms with Gasteiger partial charge in [0.05, 0.1) is 0 Å². The Morgan fingerprint density at radius 2 is 1.35 bits per heavy atom. The minimum absolute atomic E-state index is 0.351. The van der Waals surface area contributed by atoms with Crippen molar-refractivity contribution in [2.45, 2.75) is 90.9 Å². The summed E-state index contributed by atoms with van der Waals surface area (Å²) in [6.07, 6.45) is 22.1. The number of allylic oxidation sites excluding steroid dienone is 4. The Balaban J connectivity index is 3.28. The van der Waals surface area contributed by atoms with Crippen LogP contribution in [0.1, 0.15) is 90.9 Å². The predicted octanol–water partition coefficient (Wildman–Crippen LogP) is 5.89. The van der Waals surface area contributed by atoms with Crippen molar-refractivity contribution in [1.29, 1.82) is 0 Å². The molecular formula is C20H34O3. The Morgan fingerprint density at radius 1 is 0.783 bits per heavy atom. The van der Waals surface area contributed by atoms with Crippen molar-refractivity contribution in [3.05, 3.63) is 24.3 Å². The van der Waals surface area contributed by atoms with E-state index in [1.54, 1.807) is 0 Å². The van der Waals surface area contributed by atoms with Crippen LogP contribution in [0, 0.1) is 0 Å². The van der Waals surface area contributed by atoms with Gasteiger partial charge in [-0.15, -0.1) is 0 Å². The number of carbonyl (C=O) groups is 2. The van der Waals surface area contributed by atoms with Crippen molar-refractivity contribution in [1.82, 2.24) is 0 Å². The van der Waals surface area contributed by atoms with Crippen molar-refractivity contribution < 1.29 is 14.3 Å². The monoisotopic (exact) mass is 322 g/mol. The largest absolute Gasteiger partial charge is 0.393 e. The van der Waals surface area contributed by atoms with Gasteiger partial charge >= 0.3 is 11.9 Å². The summed E-state index contributed by atoms with van der Waals surface area (Å²) in [6, 6.07) is 0. The third-order valence-electron chi connectivity index (χ3n) is 3.59. The molecule has 0 aliphatic carbocycles. The van der Waals surface area contributed by atoms with Gasteiger partial charge in [0.25, 0.3) is 0 Å². The highest BCUT2D eigenvalue weighted by molar-refractivity contribution is 5.83. The lowest BCUT2D eigenvalue weighted by Crippen LogP contribution is -2.08. The molecule has 0 saturated heterocycles. The lowest BCUT2D eigenvalue weighted by molar-refractivity contribution is -0.158. The summed E-state index contributed by atoms with van der Waals surface area (Å²) in [5.41, 5.74) is 0. The molecule has 0 aromatic heterocycles. The first-order chi connectivity index (χ1) is 11.2. The van der Waals surface area contributed by atoms with E-state index in [2.05, 4.69) is 36.0 Å².